The molecule has 21 heavy (non-hydrogen) atoms. The fourth-order valence-electron chi connectivity index (χ4n) is 2.00. The predicted molar refractivity (Wildman–Crippen MR) is 100 cm³/mol. The van der Waals surface area contributed by atoms with Crippen LogP contribution in [0.25, 0.3) is 16.7 Å². The van der Waals surface area contributed by atoms with Gasteiger partial charge in [-0.3, -0.25) is 0 Å². The summed E-state index contributed by atoms with van der Waals surface area (Å²) in [5.41, 5.74) is 4.69. The van der Waals surface area contributed by atoms with Crippen LogP contribution in [0.1, 0.15) is 27.8 Å². The number of hydrogen-bond acceptors (Lipinski definition) is 0. The Morgan fingerprint density at radius 1 is 0.762 bits per heavy atom. The summed E-state index contributed by atoms with van der Waals surface area (Å²) in [5, 5.41) is 0. The molecule has 0 unspecified atom stereocenters. The van der Waals surface area contributed by atoms with Gasteiger partial charge in [-0.1, -0.05) is 108 Å². The van der Waals surface area contributed by atoms with Gasteiger partial charge in [-0.15, -0.1) is 0 Å². The van der Waals surface area contributed by atoms with Crippen LogP contribution in [0.3, 0.4) is 0 Å². The minimum Gasteiger partial charge on any atom is -0.0990 e. The monoisotopic (exact) mass is 280 g/mol. The molecule has 0 fully saturated rings. The van der Waals surface area contributed by atoms with E-state index in [1.165, 1.54) is 16.7 Å². The van der Waals surface area contributed by atoms with E-state index >= 15 is 0 Å². The number of benzene rings is 2. The van der Waals surface area contributed by atoms with Crippen molar-refractivity contribution in [3.8, 4) is 11.1 Å². The minimum atomic E-state index is 0. The fourth-order valence-corrected chi connectivity index (χ4v) is 2.00. The van der Waals surface area contributed by atoms with Crippen molar-refractivity contribution in [3.63, 3.8) is 0 Å². The Balaban J connectivity index is 0. The SMILES string of the molecule is C.C.C.C=C/C=C(\C=C)c1ccccc1-c1ccccc1. The molecule has 0 aliphatic rings. The van der Waals surface area contributed by atoms with Crippen LogP contribution in [0, 0.1) is 0 Å². The van der Waals surface area contributed by atoms with Crippen molar-refractivity contribution >= 4 is 5.57 Å². The summed E-state index contributed by atoms with van der Waals surface area (Å²) in [6, 6.07) is 18.7. The molecule has 0 amide bonds. The molecule has 0 aliphatic carbocycles. The Bertz CT molecular complexity index is 574. The molecule has 0 spiro atoms. The Labute approximate surface area is 131 Å². The maximum Gasteiger partial charge on any atom is -0.0105 e. The van der Waals surface area contributed by atoms with E-state index in [2.05, 4.69) is 55.6 Å². The molecule has 2 aromatic carbocycles. The van der Waals surface area contributed by atoms with Crippen molar-refractivity contribution in [1.29, 1.82) is 0 Å². The van der Waals surface area contributed by atoms with Crippen LogP contribution >= 0.6 is 0 Å². The van der Waals surface area contributed by atoms with Gasteiger partial charge in [0.25, 0.3) is 0 Å². The first-order valence-electron chi connectivity index (χ1n) is 5.97. The zero-order valence-electron chi connectivity index (χ0n) is 10.3. The van der Waals surface area contributed by atoms with Gasteiger partial charge in [0.2, 0.25) is 0 Å². The second kappa shape index (κ2) is 10.4. The summed E-state index contributed by atoms with van der Waals surface area (Å²) >= 11 is 0. The summed E-state index contributed by atoms with van der Waals surface area (Å²) in [5.74, 6) is 0. The second-order valence-electron chi connectivity index (χ2n) is 3.97. The minimum absolute atomic E-state index is 0. The van der Waals surface area contributed by atoms with Gasteiger partial charge in [0.15, 0.2) is 0 Å². The third-order valence-corrected chi connectivity index (χ3v) is 2.84. The van der Waals surface area contributed by atoms with Gasteiger partial charge in [0.05, 0.1) is 0 Å². The molecule has 0 aliphatic heterocycles. The summed E-state index contributed by atoms with van der Waals surface area (Å²) in [7, 11) is 0. The molecule has 112 valence electrons. The first-order valence-corrected chi connectivity index (χ1v) is 5.97. The average Bonchev–Trinajstić information content (AvgIpc) is 2.46. The van der Waals surface area contributed by atoms with E-state index in [-0.39, 0.29) is 22.3 Å². The highest BCUT2D eigenvalue weighted by Crippen LogP contribution is 2.29. The van der Waals surface area contributed by atoms with E-state index in [0.29, 0.717) is 0 Å². The van der Waals surface area contributed by atoms with Gasteiger partial charge in [0.1, 0.15) is 0 Å². The average molecular weight is 280 g/mol. The molecule has 2 rings (SSSR count). The van der Waals surface area contributed by atoms with Crippen LogP contribution in [0.4, 0.5) is 0 Å². The highest BCUT2D eigenvalue weighted by atomic mass is 14.1. The van der Waals surface area contributed by atoms with Crippen molar-refractivity contribution in [1.82, 2.24) is 0 Å². The lowest BCUT2D eigenvalue weighted by molar-refractivity contribution is 1.57. The Hall–Kier alpha value is -2.34. The summed E-state index contributed by atoms with van der Waals surface area (Å²) in [4.78, 5) is 0. The summed E-state index contributed by atoms with van der Waals surface area (Å²) in [6.45, 7) is 7.63. The van der Waals surface area contributed by atoms with Crippen LogP contribution in [0.15, 0.2) is 86.0 Å². The molecule has 0 nitrogen and oxygen atoms in total. The largest absolute Gasteiger partial charge is 0.0990 e. The molecule has 0 aromatic heterocycles. The highest BCUT2D eigenvalue weighted by Gasteiger charge is 2.05. The molecular weight excluding hydrogens is 252 g/mol. The van der Waals surface area contributed by atoms with Gasteiger partial charge in [-0.05, 0) is 22.3 Å². The van der Waals surface area contributed by atoms with Crippen molar-refractivity contribution in [3.05, 3.63) is 91.5 Å². The van der Waals surface area contributed by atoms with Crippen LogP contribution < -0.4 is 0 Å². The van der Waals surface area contributed by atoms with Crippen LogP contribution in [0.2, 0.25) is 0 Å². The zero-order chi connectivity index (χ0) is 12.8. The summed E-state index contributed by atoms with van der Waals surface area (Å²) in [6.07, 6.45) is 5.64. The predicted octanol–water partition coefficient (Wildman–Crippen LogP) is 7.02. The van der Waals surface area contributed by atoms with E-state index in [0.717, 1.165) is 5.57 Å². The lowest BCUT2D eigenvalue weighted by Crippen LogP contribution is -1.87. The van der Waals surface area contributed by atoms with Gasteiger partial charge in [-0.25, -0.2) is 0 Å². The van der Waals surface area contributed by atoms with Crippen molar-refractivity contribution in [2.75, 3.05) is 0 Å². The van der Waals surface area contributed by atoms with Crippen LogP contribution in [-0.4, -0.2) is 0 Å². The third-order valence-electron chi connectivity index (χ3n) is 2.84. The molecule has 0 saturated heterocycles. The first kappa shape index (κ1) is 21.0. The van der Waals surface area contributed by atoms with Gasteiger partial charge < -0.3 is 0 Å². The smallest absolute Gasteiger partial charge is 0.0105 e. The van der Waals surface area contributed by atoms with E-state index in [1.54, 1.807) is 6.08 Å². The fraction of sp³-hybridized carbons (Fsp3) is 0.143. The normalized spacial score (nSPS) is 9.43. The van der Waals surface area contributed by atoms with Crippen molar-refractivity contribution in [2.24, 2.45) is 0 Å². The summed E-state index contributed by atoms with van der Waals surface area (Å²) < 4.78 is 0. The lowest BCUT2D eigenvalue weighted by atomic mass is 9.94. The van der Waals surface area contributed by atoms with Gasteiger partial charge in [-0.2, -0.15) is 0 Å². The molecule has 2 aromatic rings. The second-order valence-corrected chi connectivity index (χ2v) is 3.97. The number of rotatable bonds is 4. The first-order chi connectivity index (χ1) is 8.86. The maximum absolute atomic E-state index is 3.87. The van der Waals surface area contributed by atoms with E-state index in [9.17, 15) is 0 Å². The van der Waals surface area contributed by atoms with Crippen molar-refractivity contribution in [2.45, 2.75) is 22.3 Å². The Morgan fingerprint density at radius 3 is 1.90 bits per heavy atom. The zero-order valence-corrected chi connectivity index (χ0v) is 10.3. The molecule has 0 heteroatoms. The van der Waals surface area contributed by atoms with Crippen LogP contribution in [-0.2, 0) is 0 Å². The quantitative estimate of drug-likeness (QED) is 0.528. The Kier molecular flexibility index (Phi) is 10.4. The van der Waals surface area contributed by atoms with E-state index < -0.39 is 0 Å². The molecule has 0 radical (unpaired) electrons. The van der Waals surface area contributed by atoms with Crippen molar-refractivity contribution < 1.29 is 0 Å². The molecular formula is C21H28. The van der Waals surface area contributed by atoms with Gasteiger partial charge in [0, 0.05) is 0 Å². The number of hydrogen-bond donors (Lipinski definition) is 0. The number of allylic oxidation sites excluding steroid dienone is 4. The van der Waals surface area contributed by atoms with Crippen LogP contribution in [0.5, 0.6) is 0 Å². The Morgan fingerprint density at radius 2 is 1.33 bits per heavy atom. The molecule has 0 N–H and O–H groups in total. The third kappa shape index (κ3) is 4.92. The highest BCUT2D eigenvalue weighted by molar-refractivity contribution is 5.85. The van der Waals surface area contributed by atoms with E-state index in [1.807, 2.05) is 24.3 Å². The molecule has 0 heterocycles. The standard InChI is InChI=1S/C18H16.3CH4/c1-3-10-15(4-2)17-13-8-9-14-18(17)16-11-6-5-7-12-16;;;/h3-14H,1-2H2;3*1H4/b15-10+;;;. The maximum atomic E-state index is 3.87. The molecule has 0 atom stereocenters. The lowest BCUT2D eigenvalue weighted by Gasteiger charge is -2.10. The van der Waals surface area contributed by atoms with Gasteiger partial charge >= 0.3 is 0 Å². The topological polar surface area (TPSA) is 0 Å². The molecule has 0 saturated carbocycles. The molecule has 0 bridgehead atoms. The van der Waals surface area contributed by atoms with E-state index in [4.69, 9.17) is 0 Å².